The highest BCUT2D eigenvalue weighted by atomic mass is 32.1. The lowest BCUT2D eigenvalue weighted by atomic mass is 9.83. The van der Waals surface area contributed by atoms with E-state index >= 15 is 0 Å². The van der Waals surface area contributed by atoms with E-state index in [0.717, 1.165) is 25.7 Å². The van der Waals surface area contributed by atoms with Gasteiger partial charge in [0.15, 0.2) is 5.13 Å². The van der Waals surface area contributed by atoms with Gasteiger partial charge in [0.2, 0.25) is 0 Å². The molecule has 0 bridgehead atoms. The van der Waals surface area contributed by atoms with Crippen LogP contribution in [0.4, 0.5) is 5.13 Å². The van der Waals surface area contributed by atoms with Gasteiger partial charge in [0, 0.05) is 30.6 Å². The third-order valence-corrected chi connectivity index (χ3v) is 5.91. The molecule has 0 atom stereocenters. The first kappa shape index (κ1) is 15.3. The van der Waals surface area contributed by atoms with Crippen molar-refractivity contribution in [3.63, 3.8) is 0 Å². The van der Waals surface area contributed by atoms with Crippen LogP contribution in [0.25, 0.3) is 0 Å². The third-order valence-electron chi connectivity index (χ3n) is 4.78. The van der Waals surface area contributed by atoms with E-state index in [1.165, 1.54) is 41.4 Å². The summed E-state index contributed by atoms with van der Waals surface area (Å²) < 4.78 is 0. The van der Waals surface area contributed by atoms with Gasteiger partial charge in [-0.2, -0.15) is 0 Å². The van der Waals surface area contributed by atoms with Crippen molar-refractivity contribution in [1.29, 1.82) is 0 Å². The normalized spacial score (nSPS) is 22.0. The minimum absolute atomic E-state index is 0.505. The highest BCUT2D eigenvalue weighted by Gasteiger charge is 2.28. The van der Waals surface area contributed by atoms with Gasteiger partial charge in [-0.15, -0.1) is 11.3 Å². The molecule has 1 aliphatic heterocycles. The number of anilines is 1. The molecule has 0 amide bonds. The number of hydrogen-bond donors (Lipinski definition) is 1. The molecular formula is C17H29N3S. The molecule has 2 aliphatic rings. The monoisotopic (exact) mass is 307 g/mol. The molecule has 0 spiro atoms. The molecule has 1 N–H and O–H groups in total. The fourth-order valence-electron chi connectivity index (χ4n) is 2.89. The molecule has 0 unspecified atom stereocenters. The fraction of sp³-hybridized carbons (Fsp3) is 0.824. The molecule has 21 heavy (non-hydrogen) atoms. The quantitative estimate of drug-likeness (QED) is 0.886. The summed E-state index contributed by atoms with van der Waals surface area (Å²) in [7, 11) is 0. The smallest absolute Gasteiger partial charge is 0.185 e. The van der Waals surface area contributed by atoms with Gasteiger partial charge in [0.1, 0.15) is 0 Å². The van der Waals surface area contributed by atoms with E-state index in [2.05, 4.69) is 37.9 Å². The van der Waals surface area contributed by atoms with Gasteiger partial charge in [-0.05, 0) is 37.0 Å². The first-order chi connectivity index (χ1) is 9.94. The van der Waals surface area contributed by atoms with E-state index in [1.807, 2.05) is 11.3 Å². The highest BCUT2D eigenvalue weighted by Crippen LogP contribution is 2.36. The van der Waals surface area contributed by atoms with Crippen molar-refractivity contribution in [3.05, 3.63) is 10.6 Å². The zero-order valence-electron chi connectivity index (χ0n) is 13.9. The van der Waals surface area contributed by atoms with Crippen LogP contribution in [-0.2, 0) is 6.54 Å². The van der Waals surface area contributed by atoms with Gasteiger partial charge >= 0.3 is 0 Å². The molecule has 1 saturated carbocycles. The Morgan fingerprint density at radius 1 is 1.29 bits per heavy atom. The van der Waals surface area contributed by atoms with Crippen molar-refractivity contribution in [3.8, 4) is 0 Å². The maximum atomic E-state index is 4.98. The van der Waals surface area contributed by atoms with E-state index in [4.69, 9.17) is 4.98 Å². The molecular weight excluding hydrogens is 278 g/mol. The van der Waals surface area contributed by atoms with Gasteiger partial charge in [-0.1, -0.05) is 27.7 Å². The summed E-state index contributed by atoms with van der Waals surface area (Å²) in [4.78, 5) is 8.94. The predicted octanol–water partition coefficient (Wildman–Crippen LogP) is 4.14. The molecule has 1 aromatic rings. The minimum atomic E-state index is 0.505. The van der Waals surface area contributed by atoms with Crippen LogP contribution in [0.2, 0.25) is 0 Å². The Kier molecular flexibility index (Phi) is 4.28. The first-order valence-corrected chi connectivity index (χ1v) is 9.24. The molecule has 3 nitrogen and oxygen atoms in total. The zero-order chi connectivity index (χ0) is 15.0. The Bertz CT molecular complexity index is 478. The van der Waals surface area contributed by atoms with Crippen molar-refractivity contribution < 1.29 is 0 Å². The van der Waals surface area contributed by atoms with Crippen LogP contribution in [-0.4, -0.2) is 24.1 Å². The van der Waals surface area contributed by atoms with E-state index < -0.39 is 0 Å². The number of nitrogens with zero attached hydrogens (tertiary/aromatic N) is 2. The molecule has 1 saturated heterocycles. The van der Waals surface area contributed by atoms with Crippen molar-refractivity contribution in [1.82, 2.24) is 10.3 Å². The van der Waals surface area contributed by atoms with Crippen LogP contribution in [0.3, 0.4) is 0 Å². The van der Waals surface area contributed by atoms with Crippen LogP contribution >= 0.6 is 11.3 Å². The SMILES string of the molecule is CC(C)c1nc(N2CCC(C)(C)CC2)sc1CNC1CC1. The molecule has 3 rings (SSSR count). The summed E-state index contributed by atoms with van der Waals surface area (Å²) >= 11 is 1.92. The summed E-state index contributed by atoms with van der Waals surface area (Å²) in [5.41, 5.74) is 1.82. The first-order valence-electron chi connectivity index (χ1n) is 8.42. The lowest BCUT2D eigenvalue weighted by molar-refractivity contribution is 0.279. The van der Waals surface area contributed by atoms with Gasteiger partial charge in [-0.3, -0.25) is 0 Å². The lowest BCUT2D eigenvalue weighted by Crippen LogP contribution is -2.37. The summed E-state index contributed by atoms with van der Waals surface area (Å²) in [5.74, 6) is 0.521. The third kappa shape index (κ3) is 3.78. The average Bonchev–Trinajstić information content (AvgIpc) is 3.15. The molecule has 1 aliphatic carbocycles. The number of piperidine rings is 1. The lowest BCUT2D eigenvalue weighted by Gasteiger charge is -2.36. The number of rotatable bonds is 5. The number of thiazole rings is 1. The Balaban J connectivity index is 1.71. The molecule has 0 radical (unpaired) electrons. The maximum absolute atomic E-state index is 4.98. The van der Waals surface area contributed by atoms with E-state index in [1.54, 1.807) is 0 Å². The van der Waals surface area contributed by atoms with Crippen LogP contribution < -0.4 is 10.2 Å². The molecule has 0 aromatic carbocycles. The van der Waals surface area contributed by atoms with Crippen molar-refractivity contribution >= 4 is 16.5 Å². The minimum Gasteiger partial charge on any atom is -0.348 e. The zero-order valence-corrected chi connectivity index (χ0v) is 14.7. The second kappa shape index (κ2) is 5.88. The highest BCUT2D eigenvalue weighted by molar-refractivity contribution is 7.15. The Morgan fingerprint density at radius 2 is 1.95 bits per heavy atom. The van der Waals surface area contributed by atoms with Gasteiger partial charge in [-0.25, -0.2) is 4.98 Å². The Morgan fingerprint density at radius 3 is 2.52 bits per heavy atom. The van der Waals surface area contributed by atoms with Crippen LogP contribution in [0.5, 0.6) is 0 Å². The van der Waals surface area contributed by atoms with Crippen molar-refractivity contribution in [2.24, 2.45) is 5.41 Å². The second-order valence-electron chi connectivity index (χ2n) is 7.77. The van der Waals surface area contributed by atoms with Crippen LogP contribution in [0.15, 0.2) is 0 Å². The van der Waals surface area contributed by atoms with E-state index in [-0.39, 0.29) is 0 Å². The van der Waals surface area contributed by atoms with Crippen molar-refractivity contribution in [2.75, 3.05) is 18.0 Å². The van der Waals surface area contributed by atoms with E-state index in [9.17, 15) is 0 Å². The van der Waals surface area contributed by atoms with Gasteiger partial charge in [0.05, 0.1) is 5.69 Å². The largest absolute Gasteiger partial charge is 0.348 e. The molecule has 4 heteroatoms. The summed E-state index contributed by atoms with van der Waals surface area (Å²) in [5, 5.41) is 4.90. The van der Waals surface area contributed by atoms with Crippen molar-refractivity contribution in [2.45, 2.75) is 71.9 Å². The topological polar surface area (TPSA) is 28.2 Å². The van der Waals surface area contributed by atoms with Crippen LogP contribution in [0.1, 0.15) is 69.9 Å². The van der Waals surface area contributed by atoms with Gasteiger partial charge in [0.25, 0.3) is 0 Å². The number of hydrogen-bond acceptors (Lipinski definition) is 4. The molecule has 2 fully saturated rings. The molecule has 1 aromatic heterocycles. The average molecular weight is 308 g/mol. The van der Waals surface area contributed by atoms with Gasteiger partial charge < -0.3 is 10.2 Å². The van der Waals surface area contributed by atoms with Crippen LogP contribution in [0, 0.1) is 5.41 Å². The maximum Gasteiger partial charge on any atom is 0.185 e. The summed E-state index contributed by atoms with van der Waals surface area (Å²) in [6, 6.07) is 0.770. The Hall–Kier alpha value is -0.610. The summed E-state index contributed by atoms with van der Waals surface area (Å²) in [6.07, 6.45) is 5.26. The predicted molar refractivity (Wildman–Crippen MR) is 91.3 cm³/mol. The van der Waals surface area contributed by atoms with E-state index in [0.29, 0.717) is 11.3 Å². The number of aromatic nitrogens is 1. The molecule has 2 heterocycles. The fourth-order valence-corrected chi connectivity index (χ4v) is 4.11. The second-order valence-corrected chi connectivity index (χ2v) is 8.83. The standard InChI is InChI=1S/C17H29N3S/c1-12(2)15-14(11-18-13-5-6-13)21-16(19-15)20-9-7-17(3,4)8-10-20/h12-13,18H,5-11H2,1-4H3. The summed E-state index contributed by atoms with van der Waals surface area (Å²) in [6.45, 7) is 12.6. The molecule has 118 valence electrons. The number of nitrogens with one attached hydrogen (secondary N) is 1. The Labute approximate surface area is 133 Å².